The van der Waals surface area contributed by atoms with E-state index in [9.17, 15) is 13.2 Å². The van der Waals surface area contributed by atoms with Gasteiger partial charge < -0.3 is 14.7 Å². The molecule has 0 radical (unpaired) electrons. The molecule has 4 rings (SSSR count). The van der Waals surface area contributed by atoms with Crippen molar-refractivity contribution >= 4 is 11.8 Å². The van der Waals surface area contributed by atoms with E-state index < -0.39 is 12.1 Å². The number of carboxylic acid groups (broad SMARTS) is 1. The molecule has 0 aliphatic carbocycles. The maximum atomic E-state index is 10.6. The van der Waals surface area contributed by atoms with Crippen LogP contribution in [0.5, 0.6) is 0 Å². The number of rotatable bonds is 3. The Labute approximate surface area is 184 Å². The van der Waals surface area contributed by atoms with Gasteiger partial charge >= 0.3 is 12.1 Å². The number of ether oxygens (including phenoxy) is 1. The predicted molar refractivity (Wildman–Crippen MR) is 110 cm³/mol. The molecule has 0 saturated carbocycles. The van der Waals surface area contributed by atoms with E-state index in [1.165, 1.54) is 5.56 Å². The molecule has 1 N–H and O–H groups in total. The molecule has 0 unspecified atom stereocenters. The van der Waals surface area contributed by atoms with Gasteiger partial charge in [-0.3, -0.25) is 14.9 Å². The Morgan fingerprint density at radius 2 is 1.84 bits per heavy atom. The topological polar surface area (TPSA) is 91.7 Å². The van der Waals surface area contributed by atoms with Crippen molar-refractivity contribution in [3.8, 4) is 0 Å². The molecule has 1 spiro atoms. The number of carbonyl (C=O) groups is 1. The minimum absolute atomic E-state index is 0.247. The SMILES string of the molecule is O=C(O)C(F)(F)F.c1cncc(CN2CCOCC3(CCN(c4cnccn4)CC3)C2)c1. The van der Waals surface area contributed by atoms with Gasteiger partial charge in [0.1, 0.15) is 5.82 Å². The lowest BCUT2D eigenvalue weighted by Gasteiger charge is -2.43. The highest BCUT2D eigenvalue weighted by Gasteiger charge is 2.39. The van der Waals surface area contributed by atoms with Gasteiger partial charge in [0.05, 0.1) is 19.4 Å². The third kappa shape index (κ3) is 6.86. The highest BCUT2D eigenvalue weighted by atomic mass is 19.4. The lowest BCUT2D eigenvalue weighted by atomic mass is 9.78. The van der Waals surface area contributed by atoms with Gasteiger partial charge in [-0.15, -0.1) is 0 Å². The second-order valence-electron chi connectivity index (χ2n) is 7.98. The van der Waals surface area contributed by atoms with Crippen molar-refractivity contribution in [2.45, 2.75) is 25.6 Å². The molecule has 0 atom stereocenters. The molecule has 2 aliphatic heterocycles. The molecule has 2 aliphatic rings. The summed E-state index contributed by atoms with van der Waals surface area (Å²) in [6.07, 6.45) is 6.33. The van der Waals surface area contributed by atoms with E-state index >= 15 is 0 Å². The van der Waals surface area contributed by atoms with Gasteiger partial charge in [0.2, 0.25) is 0 Å². The Bertz CT molecular complexity index is 847. The fourth-order valence-electron chi connectivity index (χ4n) is 3.93. The highest BCUT2D eigenvalue weighted by Crippen LogP contribution is 2.35. The van der Waals surface area contributed by atoms with Crippen molar-refractivity contribution in [1.82, 2.24) is 19.9 Å². The van der Waals surface area contributed by atoms with Gasteiger partial charge in [-0.1, -0.05) is 6.07 Å². The first-order chi connectivity index (χ1) is 15.3. The monoisotopic (exact) mass is 453 g/mol. The number of aromatic nitrogens is 3. The molecule has 2 fully saturated rings. The number of anilines is 1. The average molecular weight is 453 g/mol. The summed E-state index contributed by atoms with van der Waals surface area (Å²) in [6.45, 7) is 6.75. The fourth-order valence-corrected chi connectivity index (χ4v) is 3.93. The third-order valence-electron chi connectivity index (χ3n) is 5.59. The molecular weight excluding hydrogens is 427 g/mol. The number of hydrogen-bond donors (Lipinski definition) is 1. The Balaban J connectivity index is 0.000000360. The van der Waals surface area contributed by atoms with Gasteiger partial charge in [-0.25, -0.2) is 9.78 Å². The molecule has 8 nitrogen and oxygen atoms in total. The van der Waals surface area contributed by atoms with E-state index in [4.69, 9.17) is 14.6 Å². The maximum absolute atomic E-state index is 10.6. The van der Waals surface area contributed by atoms with Gasteiger partial charge in [0, 0.05) is 62.9 Å². The standard InChI is InChI=1S/C19H25N5O.C2HF3O2/c1-2-17(12-20-5-1)14-23-10-11-25-16-19(15-23)3-8-24(9-4-19)18-13-21-6-7-22-18;3-2(4,5)1(6)7/h1-2,5-7,12-13H,3-4,8-11,14-16H2;(H,6,7). The number of piperidine rings is 1. The second-order valence-corrected chi connectivity index (χ2v) is 7.98. The van der Waals surface area contributed by atoms with Gasteiger partial charge in [-0.05, 0) is 24.5 Å². The predicted octanol–water partition coefficient (Wildman–Crippen LogP) is 2.62. The van der Waals surface area contributed by atoms with Crippen LogP contribution >= 0.6 is 0 Å². The molecule has 32 heavy (non-hydrogen) atoms. The van der Waals surface area contributed by atoms with Crippen LogP contribution < -0.4 is 4.90 Å². The maximum Gasteiger partial charge on any atom is 0.490 e. The number of hydrogen-bond acceptors (Lipinski definition) is 7. The van der Waals surface area contributed by atoms with Crippen LogP contribution in [0.3, 0.4) is 0 Å². The van der Waals surface area contributed by atoms with Crippen LogP contribution in [0.1, 0.15) is 18.4 Å². The van der Waals surface area contributed by atoms with E-state index in [1.54, 1.807) is 12.4 Å². The van der Waals surface area contributed by atoms with Crippen LogP contribution in [-0.2, 0) is 16.1 Å². The summed E-state index contributed by atoms with van der Waals surface area (Å²) >= 11 is 0. The zero-order valence-electron chi connectivity index (χ0n) is 17.5. The van der Waals surface area contributed by atoms with Crippen LogP contribution in [0.2, 0.25) is 0 Å². The summed E-state index contributed by atoms with van der Waals surface area (Å²) in [6, 6.07) is 4.17. The van der Waals surface area contributed by atoms with E-state index in [2.05, 4.69) is 30.8 Å². The summed E-state index contributed by atoms with van der Waals surface area (Å²) in [5.74, 6) is -1.77. The Hall–Kier alpha value is -2.79. The number of nitrogens with zero attached hydrogens (tertiary/aromatic N) is 5. The lowest BCUT2D eigenvalue weighted by Crippen LogP contribution is -2.47. The molecule has 4 heterocycles. The van der Waals surface area contributed by atoms with Crippen LogP contribution in [0.15, 0.2) is 43.1 Å². The normalized spacial score (nSPS) is 19.0. The molecule has 174 valence electrons. The number of aliphatic carboxylic acids is 1. The van der Waals surface area contributed by atoms with E-state index in [0.717, 1.165) is 64.6 Å². The highest BCUT2D eigenvalue weighted by molar-refractivity contribution is 5.73. The van der Waals surface area contributed by atoms with Crippen LogP contribution in [-0.4, -0.2) is 76.5 Å². The molecule has 2 aromatic rings. The van der Waals surface area contributed by atoms with Crippen molar-refractivity contribution in [3.63, 3.8) is 0 Å². The van der Waals surface area contributed by atoms with E-state index in [-0.39, 0.29) is 5.41 Å². The Morgan fingerprint density at radius 1 is 1.12 bits per heavy atom. The lowest BCUT2D eigenvalue weighted by molar-refractivity contribution is -0.192. The molecule has 0 aromatic carbocycles. The quantitative estimate of drug-likeness (QED) is 0.759. The van der Waals surface area contributed by atoms with Crippen LogP contribution in [0.4, 0.5) is 19.0 Å². The van der Waals surface area contributed by atoms with Crippen molar-refractivity contribution < 1.29 is 27.8 Å². The largest absolute Gasteiger partial charge is 0.490 e. The molecule has 0 amide bonds. The Morgan fingerprint density at radius 3 is 2.44 bits per heavy atom. The van der Waals surface area contributed by atoms with E-state index in [0.29, 0.717) is 0 Å². The van der Waals surface area contributed by atoms with Gasteiger partial charge in [0.15, 0.2) is 0 Å². The van der Waals surface area contributed by atoms with E-state index in [1.807, 2.05) is 24.7 Å². The first-order valence-electron chi connectivity index (χ1n) is 10.3. The van der Waals surface area contributed by atoms with Crippen molar-refractivity contribution in [2.24, 2.45) is 5.41 Å². The summed E-state index contributed by atoms with van der Waals surface area (Å²) in [4.78, 5) is 26.6. The number of pyridine rings is 1. The summed E-state index contributed by atoms with van der Waals surface area (Å²) in [7, 11) is 0. The zero-order valence-corrected chi connectivity index (χ0v) is 17.5. The minimum atomic E-state index is -5.08. The van der Waals surface area contributed by atoms with Crippen molar-refractivity contribution in [3.05, 3.63) is 48.7 Å². The summed E-state index contributed by atoms with van der Waals surface area (Å²) < 4.78 is 37.7. The smallest absolute Gasteiger partial charge is 0.475 e. The molecular formula is C21H26F3N5O3. The zero-order chi connectivity index (χ0) is 23.0. The van der Waals surface area contributed by atoms with Crippen LogP contribution in [0.25, 0.3) is 0 Å². The number of alkyl halides is 3. The Kier molecular flexibility index (Phi) is 7.97. The first kappa shape index (κ1) is 23.9. The molecule has 11 heteroatoms. The van der Waals surface area contributed by atoms with Crippen molar-refractivity contribution in [2.75, 3.05) is 44.3 Å². The fraction of sp³-hybridized carbons (Fsp3) is 0.524. The number of carboxylic acids is 1. The number of halogens is 3. The van der Waals surface area contributed by atoms with Gasteiger partial charge in [-0.2, -0.15) is 13.2 Å². The van der Waals surface area contributed by atoms with Gasteiger partial charge in [0.25, 0.3) is 0 Å². The van der Waals surface area contributed by atoms with Crippen molar-refractivity contribution in [1.29, 1.82) is 0 Å². The van der Waals surface area contributed by atoms with Crippen LogP contribution in [0, 0.1) is 5.41 Å². The molecule has 2 saturated heterocycles. The summed E-state index contributed by atoms with van der Waals surface area (Å²) in [5, 5.41) is 7.12. The first-order valence-corrected chi connectivity index (χ1v) is 10.3. The minimum Gasteiger partial charge on any atom is -0.475 e. The second kappa shape index (κ2) is 10.7. The summed E-state index contributed by atoms with van der Waals surface area (Å²) in [5.41, 5.74) is 1.52. The molecule has 0 bridgehead atoms. The third-order valence-corrected chi connectivity index (χ3v) is 5.59. The average Bonchev–Trinajstić information content (AvgIpc) is 2.97. The molecule has 2 aromatic heterocycles.